The zero-order valence-corrected chi connectivity index (χ0v) is 16.2. The normalized spacial score (nSPS) is 20.0. The quantitative estimate of drug-likeness (QED) is 0.723. The molecule has 0 saturated carbocycles. The van der Waals surface area contributed by atoms with Crippen LogP contribution in [0.3, 0.4) is 0 Å². The molecule has 1 amide bonds. The number of nitrogens with one attached hydrogen (secondary N) is 1. The van der Waals surface area contributed by atoms with E-state index in [2.05, 4.69) is 27.1 Å². The Morgan fingerprint density at radius 1 is 1.37 bits per heavy atom. The van der Waals surface area contributed by atoms with E-state index in [1.807, 2.05) is 12.1 Å². The predicted molar refractivity (Wildman–Crippen MR) is 108 cm³/mol. The van der Waals surface area contributed by atoms with Crippen LogP contribution in [-0.2, 0) is 5.41 Å². The molecule has 140 valence electrons. The molecule has 3 aromatic rings. The minimum absolute atomic E-state index is 0.101. The summed E-state index contributed by atoms with van der Waals surface area (Å²) in [6.45, 7) is 4.02. The number of carbonyl (C=O) groups is 1. The van der Waals surface area contributed by atoms with Crippen molar-refractivity contribution in [3.63, 3.8) is 0 Å². The summed E-state index contributed by atoms with van der Waals surface area (Å²) in [4.78, 5) is 29.1. The molecule has 1 fully saturated rings. The van der Waals surface area contributed by atoms with Gasteiger partial charge in [0.15, 0.2) is 0 Å². The van der Waals surface area contributed by atoms with E-state index in [-0.39, 0.29) is 11.3 Å². The van der Waals surface area contributed by atoms with Crippen LogP contribution in [0.5, 0.6) is 0 Å². The monoisotopic (exact) mass is 382 g/mol. The number of amides is 1. The Balaban J connectivity index is 1.69. The van der Waals surface area contributed by atoms with Crippen LogP contribution in [0.25, 0.3) is 10.2 Å². The topological polar surface area (TPSA) is 97.0 Å². The highest BCUT2D eigenvalue weighted by Crippen LogP contribution is 2.38. The number of nitrogens with zero attached hydrogens (tertiary/aromatic N) is 4. The van der Waals surface area contributed by atoms with Crippen molar-refractivity contribution in [1.29, 1.82) is 0 Å². The minimum atomic E-state index is -0.172. The van der Waals surface area contributed by atoms with Crippen LogP contribution in [0.15, 0.2) is 30.7 Å². The van der Waals surface area contributed by atoms with Gasteiger partial charge in [-0.15, -0.1) is 11.3 Å². The first kappa shape index (κ1) is 17.7. The summed E-state index contributed by atoms with van der Waals surface area (Å²) in [6.07, 6.45) is 7.32. The number of hydrogen-bond acceptors (Lipinski definition) is 7. The Labute approximate surface area is 161 Å². The van der Waals surface area contributed by atoms with Crippen LogP contribution in [0.4, 0.5) is 11.5 Å². The standard InChI is InChI=1S/C19H22N6OS/c1-19(6-3-9-25(11-19)14-10-22-7-8-23-14)13-5-4-12-15(20)16(17(26)21-2)27-18(12)24-13/h4-5,7-8,10H,3,6,9,11,20H2,1-2H3,(H,21,26). The second-order valence-electron chi connectivity index (χ2n) is 7.12. The van der Waals surface area contributed by atoms with Gasteiger partial charge in [-0.25, -0.2) is 9.97 Å². The Morgan fingerprint density at radius 3 is 2.96 bits per heavy atom. The van der Waals surface area contributed by atoms with Gasteiger partial charge in [-0.1, -0.05) is 6.92 Å². The lowest BCUT2D eigenvalue weighted by Gasteiger charge is -2.40. The zero-order chi connectivity index (χ0) is 19.0. The van der Waals surface area contributed by atoms with Gasteiger partial charge in [0.25, 0.3) is 5.91 Å². The second kappa shape index (κ2) is 6.77. The summed E-state index contributed by atoms with van der Waals surface area (Å²) in [5.41, 5.74) is 7.58. The van der Waals surface area contributed by atoms with Crippen molar-refractivity contribution in [2.75, 3.05) is 30.8 Å². The van der Waals surface area contributed by atoms with Gasteiger partial charge in [0.05, 0.1) is 11.9 Å². The molecular formula is C19H22N6OS. The number of anilines is 2. The number of pyridine rings is 1. The van der Waals surface area contributed by atoms with Gasteiger partial charge in [-0.2, -0.15) is 0 Å². The van der Waals surface area contributed by atoms with Gasteiger partial charge < -0.3 is 16.0 Å². The summed E-state index contributed by atoms with van der Waals surface area (Å²) in [7, 11) is 1.61. The van der Waals surface area contributed by atoms with Crippen molar-refractivity contribution < 1.29 is 4.79 Å². The lowest BCUT2D eigenvalue weighted by Crippen LogP contribution is -2.45. The maximum absolute atomic E-state index is 12.0. The van der Waals surface area contributed by atoms with E-state index in [0.29, 0.717) is 10.6 Å². The number of nitrogens with two attached hydrogens (primary N) is 1. The van der Waals surface area contributed by atoms with Crippen LogP contribution in [0.2, 0.25) is 0 Å². The predicted octanol–water partition coefficient (Wildman–Crippen LogP) is 2.59. The zero-order valence-electron chi connectivity index (χ0n) is 15.4. The minimum Gasteiger partial charge on any atom is -0.397 e. The summed E-state index contributed by atoms with van der Waals surface area (Å²) < 4.78 is 0. The van der Waals surface area contributed by atoms with Crippen molar-refractivity contribution in [2.24, 2.45) is 0 Å². The van der Waals surface area contributed by atoms with Crippen molar-refractivity contribution in [2.45, 2.75) is 25.2 Å². The number of carbonyl (C=O) groups excluding carboxylic acids is 1. The number of piperidine rings is 1. The highest BCUT2D eigenvalue weighted by molar-refractivity contribution is 7.21. The number of hydrogen-bond donors (Lipinski definition) is 2. The molecule has 1 saturated heterocycles. The molecule has 8 heteroatoms. The highest BCUT2D eigenvalue weighted by Gasteiger charge is 2.35. The molecule has 1 unspecified atom stereocenters. The van der Waals surface area contributed by atoms with Crippen molar-refractivity contribution in [3.05, 3.63) is 41.3 Å². The Hall–Kier alpha value is -2.74. The molecule has 0 radical (unpaired) electrons. The molecule has 1 aliphatic rings. The molecule has 0 aromatic carbocycles. The molecule has 3 aromatic heterocycles. The molecule has 0 aliphatic carbocycles. The largest absolute Gasteiger partial charge is 0.397 e. The van der Waals surface area contributed by atoms with Gasteiger partial charge in [0.1, 0.15) is 15.5 Å². The van der Waals surface area contributed by atoms with E-state index in [9.17, 15) is 4.79 Å². The van der Waals surface area contributed by atoms with Crippen LogP contribution in [-0.4, -0.2) is 41.0 Å². The first-order valence-corrected chi connectivity index (χ1v) is 9.76. The van der Waals surface area contributed by atoms with Gasteiger partial charge in [0.2, 0.25) is 0 Å². The molecule has 4 heterocycles. The number of nitrogen functional groups attached to an aromatic ring is 1. The van der Waals surface area contributed by atoms with Crippen molar-refractivity contribution in [3.8, 4) is 0 Å². The van der Waals surface area contributed by atoms with Gasteiger partial charge in [0, 0.05) is 49.0 Å². The van der Waals surface area contributed by atoms with Crippen LogP contribution >= 0.6 is 11.3 Å². The SMILES string of the molecule is CNC(=O)c1sc2nc(C3(C)CCCN(c4cnccn4)C3)ccc2c1N. The van der Waals surface area contributed by atoms with Crippen LogP contribution in [0, 0.1) is 0 Å². The second-order valence-corrected chi connectivity index (χ2v) is 8.12. The fraction of sp³-hybridized carbons (Fsp3) is 0.368. The fourth-order valence-electron chi connectivity index (χ4n) is 3.71. The molecule has 1 atom stereocenters. The van der Waals surface area contributed by atoms with E-state index >= 15 is 0 Å². The highest BCUT2D eigenvalue weighted by atomic mass is 32.1. The summed E-state index contributed by atoms with van der Waals surface area (Å²) in [6, 6.07) is 4.03. The average Bonchev–Trinajstić information content (AvgIpc) is 3.04. The Kier molecular flexibility index (Phi) is 4.43. The summed E-state index contributed by atoms with van der Waals surface area (Å²) in [5.74, 6) is 0.724. The molecule has 0 spiro atoms. The number of aromatic nitrogens is 3. The Morgan fingerprint density at radius 2 is 2.22 bits per heavy atom. The van der Waals surface area contributed by atoms with Crippen LogP contribution < -0.4 is 16.0 Å². The average molecular weight is 382 g/mol. The number of fused-ring (bicyclic) bond motifs is 1. The number of rotatable bonds is 3. The Bertz CT molecular complexity index is 989. The first-order chi connectivity index (χ1) is 13.0. The molecule has 0 bridgehead atoms. The molecule has 27 heavy (non-hydrogen) atoms. The van der Waals surface area contributed by atoms with E-state index < -0.39 is 0 Å². The third-order valence-corrected chi connectivity index (χ3v) is 6.33. The molecule has 7 nitrogen and oxygen atoms in total. The smallest absolute Gasteiger partial charge is 0.263 e. The fourth-order valence-corrected chi connectivity index (χ4v) is 4.75. The van der Waals surface area contributed by atoms with E-state index in [1.165, 1.54) is 11.3 Å². The van der Waals surface area contributed by atoms with Gasteiger partial charge >= 0.3 is 0 Å². The third-order valence-electron chi connectivity index (χ3n) is 5.22. The lowest BCUT2D eigenvalue weighted by molar-refractivity contribution is 0.0968. The van der Waals surface area contributed by atoms with Gasteiger partial charge in [-0.05, 0) is 25.0 Å². The van der Waals surface area contributed by atoms with Crippen molar-refractivity contribution >= 4 is 39.0 Å². The van der Waals surface area contributed by atoms with Crippen LogP contribution in [0.1, 0.15) is 35.1 Å². The van der Waals surface area contributed by atoms with Crippen molar-refractivity contribution in [1.82, 2.24) is 20.3 Å². The van der Waals surface area contributed by atoms with E-state index in [0.717, 1.165) is 47.7 Å². The maximum Gasteiger partial charge on any atom is 0.263 e. The first-order valence-electron chi connectivity index (χ1n) is 8.94. The van der Waals surface area contributed by atoms with Gasteiger partial charge in [-0.3, -0.25) is 9.78 Å². The number of thiophene rings is 1. The third kappa shape index (κ3) is 3.10. The van der Waals surface area contributed by atoms with E-state index in [1.54, 1.807) is 25.6 Å². The molecule has 1 aliphatic heterocycles. The molecule has 3 N–H and O–H groups in total. The summed E-state index contributed by atoms with van der Waals surface area (Å²) in [5, 5.41) is 3.48. The molecule has 4 rings (SSSR count). The lowest BCUT2D eigenvalue weighted by atomic mass is 9.78. The summed E-state index contributed by atoms with van der Waals surface area (Å²) >= 11 is 1.35. The van der Waals surface area contributed by atoms with E-state index in [4.69, 9.17) is 10.7 Å². The maximum atomic E-state index is 12.0. The molecular weight excluding hydrogens is 360 g/mol.